The van der Waals surface area contributed by atoms with Gasteiger partial charge in [-0.15, -0.1) is 0 Å². The van der Waals surface area contributed by atoms with Crippen LogP contribution in [0.4, 0.5) is 0 Å². The van der Waals surface area contributed by atoms with Gasteiger partial charge in [0.1, 0.15) is 11.8 Å². The van der Waals surface area contributed by atoms with E-state index in [9.17, 15) is 4.79 Å². The minimum atomic E-state index is -0.154. The van der Waals surface area contributed by atoms with Crippen LogP contribution in [0.1, 0.15) is 46.7 Å². The number of oxazole rings is 1. The molecule has 0 unspecified atom stereocenters. The molecule has 0 spiro atoms. The van der Waals surface area contributed by atoms with Crippen molar-refractivity contribution in [2.75, 3.05) is 6.54 Å². The molecule has 6 nitrogen and oxygen atoms in total. The van der Waals surface area contributed by atoms with Crippen LogP contribution in [0.5, 0.6) is 0 Å². The predicted octanol–water partition coefficient (Wildman–Crippen LogP) is 3.63. The van der Waals surface area contributed by atoms with Crippen molar-refractivity contribution in [1.29, 1.82) is 0 Å². The lowest BCUT2D eigenvalue weighted by Crippen LogP contribution is -2.32. The molecule has 1 aliphatic heterocycles. The molecule has 3 heterocycles. The normalized spacial score (nSPS) is 17.0. The summed E-state index contributed by atoms with van der Waals surface area (Å²) in [5.41, 5.74) is 0.990. The highest BCUT2D eigenvalue weighted by Crippen LogP contribution is 2.33. The fraction of sp³-hybridized carbons (Fsp3) is 0.316. The van der Waals surface area contributed by atoms with Crippen LogP contribution in [0.3, 0.4) is 0 Å². The molecule has 4 rings (SSSR count). The lowest BCUT2D eigenvalue weighted by molar-refractivity contribution is 0.0698. The molecule has 134 valence electrons. The van der Waals surface area contributed by atoms with Crippen molar-refractivity contribution < 1.29 is 9.21 Å². The van der Waals surface area contributed by atoms with Gasteiger partial charge in [-0.25, -0.2) is 9.97 Å². The Morgan fingerprint density at radius 2 is 2.19 bits per heavy atom. The summed E-state index contributed by atoms with van der Waals surface area (Å²) < 4.78 is 7.70. The molecule has 26 heavy (non-hydrogen) atoms. The average molecular weight is 371 g/mol. The van der Waals surface area contributed by atoms with Gasteiger partial charge in [-0.2, -0.15) is 0 Å². The molecular weight excluding hydrogens is 352 g/mol. The Hall–Kier alpha value is -2.60. The molecule has 0 radical (unpaired) electrons. The first-order valence-corrected chi connectivity index (χ1v) is 8.97. The zero-order valence-electron chi connectivity index (χ0n) is 14.4. The molecule has 1 atom stereocenters. The third-order valence-corrected chi connectivity index (χ3v) is 5.07. The number of aryl methyl sites for hydroxylation is 1. The van der Waals surface area contributed by atoms with Crippen molar-refractivity contribution in [3.05, 3.63) is 70.9 Å². The Morgan fingerprint density at radius 1 is 1.35 bits per heavy atom. The highest BCUT2D eigenvalue weighted by Gasteiger charge is 2.35. The van der Waals surface area contributed by atoms with Gasteiger partial charge in [0.2, 0.25) is 5.89 Å². The van der Waals surface area contributed by atoms with E-state index in [-0.39, 0.29) is 11.9 Å². The molecule has 0 N–H and O–H groups in total. The first-order valence-electron chi connectivity index (χ1n) is 8.60. The van der Waals surface area contributed by atoms with E-state index in [0.717, 1.165) is 24.2 Å². The molecule has 1 aromatic carbocycles. The summed E-state index contributed by atoms with van der Waals surface area (Å²) in [6, 6.07) is 7.52. The summed E-state index contributed by atoms with van der Waals surface area (Å²) in [5, 5.41) is 0.706. The van der Waals surface area contributed by atoms with E-state index in [0.29, 0.717) is 29.7 Å². The molecule has 0 aliphatic carbocycles. The van der Waals surface area contributed by atoms with E-state index in [4.69, 9.17) is 16.0 Å². The van der Waals surface area contributed by atoms with Gasteiger partial charge < -0.3 is 13.9 Å². The fourth-order valence-corrected chi connectivity index (χ4v) is 3.56. The number of amides is 1. The maximum absolute atomic E-state index is 12.8. The molecular formula is C19H19ClN4O2. The summed E-state index contributed by atoms with van der Waals surface area (Å²) in [6.45, 7) is 0.679. The summed E-state index contributed by atoms with van der Waals surface area (Å²) >= 11 is 6.22. The molecule has 0 bridgehead atoms. The van der Waals surface area contributed by atoms with Gasteiger partial charge in [0.15, 0.2) is 5.82 Å². The summed E-state index contributed by atoms with van der Waals surface area (Å²) in [5.74, 6) is 1.65. The SMILES string of the molecule is Cn1ccnc1C(=O)N1CCC[C@@H]1c1ncc(Cc2ccccc2Cl)o1. The lowest BCUT2D eigenvalue weighted by Gasteiger charge is -2.21. The van der Waals surface area contributed by atoms with Gasteiger partial charge in [0.25, 0.3) is 5.91 Å². The van der Waals surface area contributed by atoms with Crippen LogP contribution in [0, 0.1) is 0 Å². The number of nitrogens with zero attached hydrogens (tertiary/aromatic N) is 4. The van der Waals surface area contributed by atoms with Crippen LogP contribution in [0.15, 0.2) is 47.3 Å². The fourth-order valence-electron chi connectivity index (χ4n) is 3.35. The number of halogens is 1. The zero-order valence-corrected chi connectivity index (χ0v) is 15.2. The van der Waals surface area contributed by atoms with Crippen LogP contribution in [0.25, 0.3) is 0 Å². The van der Waals surface area contributed by atoms with Crippen LogP contribution in [-0.2, 0) is 13.5 Å². The van der Waals surface area contributed by atoms with E-state index in [1.165, 1.54) is 0 Å². The average Bonchev–Trinajstić information content (AvgIpc) is 3.36. The van der Waals surface area contributed by atoms with E-state index in [1.807, 2.05) is 31.3 Å². The topological polar surface area (TPSA) is 64.2 Å². The summed E-state index contributed by atoms with van der Waals surface area (Å²) in [7, 11) is 1.82. The van der Waals surface area contributed by atoms with Crippen LogP contribution < -0.4 is 0 Å². The number of hydrogen-bond acceptors (Lipinski definition) is 4. The smallest absolute Gasteiger partial charge is 0.290 e. The van der Waals surface area contributed by atoms with Gasteiger partial charge in [-0.1, -0.05) is 29.8 Å². The van der Waals surface area contributed by atoms with Gasteiger partial charge >= 0.3 is 0 Å². The second kappa shape index (κ2) is 6.96. The Labute approximate surface area is 156 Å². The Morgan fingerprint density at radius 3 is 2.96 bits per heavy atom. The number of aromatic nitrogens is 3. The number of hydrogen-bond donors (Lipinski definition) is 0. The van der Waals surface area contributed by atoms with Crippen molar-refractivity contribution in [1.82, 2.24) is 19.4 Å². The quantitative estimate of drug-likeness (QED) is 0.703. The number of imidazole rings is 1. The number of likely N-dealkylation sites (tertiary alicyclic amines) is 1. The second-order valence-electron chi connectivity index (χ2n) is 6.45. The number of rotatable bonds is 4. The van der Waals surface area contributed by atoms with Crippen LogP contribution in [0.2, 0.25) is 5.02 Å². The zero-order chi connectivity index (χ0) is 18.1. The van der Waals surface area contributed by atoms with Crippen LogP contribution >= 0.6 is 11.6 Å². The summed E-state index contributed by atoms with van der Waals surface area (Å²) in [6.07, 6.45) is 7.45. The Kier molecular flexibility index (Phi) is 4.51. The number of carbonyl (C=O) groups is 1. The highest BCUT2D eigenvalue weighted by atomic mass is 35.5. The van der Waals surface area contributed by atoms with Crippen LogP contribution in [-0.4, -0.2) is 31.9 Å². The molecule has 1 amide bonds. The standard InChI is InChI=1S/C19H19ClN4O2/c1-23-10-8-21-17(23)19(25)24-9-4-7-16(24)18-22-12-14(26-18)11-13-5-2-3-6-15(13)20/h2-3,5-6,8,10,12,16H,4,7,9,11H2,1H3/t16-/m1/s1. The third kappa shape index (κ3) is 3.12. The first kappa shape index (κ1) is 16.8. The maximum Gasteiger partial charge on any atom is 0.290 e. The Bertz CT molecular complexity index is 933. The molecule has 1 saturated heterocycles. The number of benzene rings is 1. The van der Waals surface area contributed by atoms with E-state index >= 15 is 0 Å². The predicted molar refractivity (Wildman–Crippen MR) is 97.0 cm³/mol. The van der Waals surface area contributed by atoms with Crippen molar-refractivity contribution in [2.24, 2.45) is 7.05 Å². The summed E-state index contributed by atoms with van der Waals surface area (Å²) in [4.78, 5) is 23.2. The monoisotopic (exact) mass is 370 g/mol. The Balaban J connectivity index is 1.54. The molecule has 0 saturated carbocycles. The van der Waals surface area contributed by atoms with Crippen molar-refractivity contribution in [3.63, 3.8) is 0 Å². The molecule has 1 aliphatic rings. The van der Waals surface area contributed by atoms with E-state index < -0.39 is 0 Å². The maximum atomic E-state index is 12.8. The lowest BCUT2D eigenvalue weighted by atomic mass is 10.1. The van der Waals surface area contributed by atoms with Crippen molar-refractivity contribution in [2.45, 2.75) is 25.3 Å². The van der Waals surface area contributed by atoms with E-state index in [1.54, 1.807) is 28.1 Å². The molecule has 1 fully saturated rings. The van der Waals surface area contributed by atoms with Gasteiger partial charge in [0.05, 0.1) is 6.20 Å². The molecule has 7 heteroatoms. The van der Waals surface area contributed by atoms with Crippen molar-refractivity contribution >= 4 is 17.5 Å². The highest BCUT2D eigenvalue weighted by molar-refractivity contribution is 6.31. The third-order valence-electron chi connectivity index (χ3n) is 4.71. The first-order chi connectivity index (χ1) is 12.6. The number of carbonyl (C=O) groups excluding carboxylic acids is 1. The van der Waals surface area contributed by atoms with Crippen molar-refractivity contribution in [3.8, 4) is 0 Å². The molecule has 2 aromatic heterocycles. The van der Waals surface area contributed by atoms with E-state index in [2.05, 4.69) is 9.97 Å². The largest absolute Gasteiger partial charge is 0.443 e. The molecule has 3 aromatic rings. The van der Waals surface area contributed by atoms with Gasteiger partial charge in [-0.3, -0.25) is 4.79 Å². The van der Waals surface area contributed by atoms with Gasteiger partial charge in [-0.05, 0) is 24.5 Å². The minimum Gasteiger partial charge on any atom is -0.443 e. The van der Waals surface area contributed by atoms with Gasteiger partial charge in [0, 0.05) is 37.4 Å². The second-order valence-corrected chi connectivity index (χ2v) is 6.86. The minimum absolute atomic E-state index is 0.0918.